The topological polar surface area (TPSA) is 146 Å². The molecule has 2 aliphatic carbocycles. The maximum atomic E-state index is 14.2. The number of allylic oxidation sites excluding steroid dienone is 5. The van der Waals surface area contributed by atoms with Gasteiger partial charge in [0.15, 0.2) is 6.61 Å². The highest BCUT2D eigenvalue weighted by atomic mass is 16.6. The van der Waals surface area contributed by atoms with Crippen molar-refractivity contribution in [1.29, 1.82) is 0 Å². The molecule has 0 saturated carbocycles. The quantitative estimate of drug-likeness (QED) is 0.0635. The van der Waals surface area contributed by atoms with E-state index >= 15 is 0 Å². The van der Waals surface area contributed by atoms with Crippen LogP contribution in [0.4, 0.5) is 5.69 Å². The summed E-state index contributed by atoms with van der Waals surface area (Å²) in [6, 6.07) is 8.64. The number of hydrogen-bond donors (Lipinski definition) is 3. The molecule has 0 bridgehead atoms. The molecule has 0 fully saturated rings. The van der Waals surface area contributed by atoms with E-state index in [0.29, 0.717) is 55.0 Å². The number of anilines is 1. The Labute approximate surface area is 340 Å². The molecule has 11 heteroatoms. The van der Waals surface area contributed by atoms with Crippen LogP contribution in [0.3, 0.4) is 0 Å². The summed E-state index contributed by atoms with van der Waals surface area (Å²) < 4.78 is 19.8. The first-order chi connectivity index (χ1) is 27.6. The van der Waals surface area contributed by atoms with E-state index in [-0.39, 0.29) is 57.5 Å². The molecule has 0 radical (unpaired) electrons. The number of Topliss-reactive ketones (excluding diaryl/α,β-unsaturated/α-hetero) is 1. The van der Waals surface area contributed by atoms with Crippen molar-refractivity contribution in [3.63, 3.8) is 0 Å². The van der Waals surface area contributed by atoms with Crippen LogP contribution in [0.5, 0.6) is 23.0 Å². The third-order valence-corrected chi connectivity index (χ3v) is 11.2. The fraction of sp³-hybridized carbons (Fsp3) is 0.362. The predicted molar refractivity (Wildman–Crippen MR) is 225 cm³/mol. The van der Waals surface area contributed by atoms with E-state index in [1.165, 1.54) is 0 Å². The minimum atomic E-state index is -0.731. The number of phenols is 2. The van der Waals surface area contributed by atoms with Crippen LogP contribution in [-0.2, 0) is 25.5 Å². The van der Waals surface area contributed by atoms with Crippen molar-refractivity contribution in [3.8, 4) is 23.0 Å². The van der Waals surface area contributed by atoms with Gasteiger partial charge in [-0.3, -0.25) is 9.59 Å². The van der Waals surface area contributed by atoms with Gasteiger partial charge in [-0.1, -0.05) is 6.07 Å². The molecule has 0 aromatic heterocycles. The monoisotopic (exact) mass is 791 g/mol. The second-order valence-electron chi connectivity index (χ2n) is 14.6. The third kappa shape index (κ3) is 8.58. The van der Waals surface area contributed by atoms with Gasteiger partial charge >= 0.3 is 11.9 Å². The Hall–Kier alpha value is -6.10. The average Bonchev–Trinajstić information content (AvgIpc) is 3.20. The van der Waals surface area contributed by atoms with Crippen LogP contribution in [-0.4, -0.2) is 76.1 Å². The van der Waals surface area contributed by atoms with Crippen LogP contribution >= 0.6 is 0 Å². The largest absolute Gasteiger partial charge is 0.507 e. The van der Waals surface area contributed by atoms with Gasteiger partial charge in [0.2, 0.25) is 11.5 Å². The molecule has 2 aliphatic rings. The molecule has 0 spiro atoms. The maximum absolute atomic E-state index is 14.2. The minimum Gasteiger partial charge on any atom is -0.507 e. The van der Waals surface area contributed by atoms with Crippen molar-refractivity contribution in [2.45, 2.75) is 82.1 Å². The summed E-state index contributed by atoms with van der Waals surface area (Å²) in [6.45, 7) is 21.2. The summed E-state index contributed by atoms with van der Waals surface area (Å²) in [7, 11) is 0. The lowest BCUT2D eigenvalue weighted by molar-refractivity contribution is -0.519. The second kappa shape index (κ2) is 18.0. The van der Waals surface area contributed by atoms with Crippen molar-refractivity contribution in [3.05, 3.63) is 116 Å². The summed E-state index contributed by atoms with van der Waals surface area (Å²) in [5, 5.41) is 32.3. The number of hydrogen-bond acceptors (Lipinski definition) is 10. The number of phenolic OH excluding ortho intramolecular Hbond substituents is 2. The Morgan fingerprint density at radius 3 is 1.98 bits per heavy atom. The van der Waals surface area contributed by atoms with E-state index < -0.39 is 24.3 Å². The van der Waals surface area contributed by atoms with Crippen molar-refractivity contribution in [2.75, 3.05) is 37.7 Å². The number of aliphatic hydroxyl groups excluding tert-OH is 1. The first kappa shape index (κ1) is 43.0. The van der Waals surface area contributed by atoms with Crippen LogP contribution in [0, 0.1) is 41.5 Å². The molecule has 0 heterocycles. The zero-order valence-electron chi connectivity index (χ0n) is 35.3. The van der Waals surface area contributed by atoms with Crippen LogP contribution in [0.2, 0.25) is 0 Å². The van der Waals surface area contributed by atoms with E-state index in [1.807, 2.05) is 60.6 Å². The standard InChI is InChI=1S/C47H54N2O9/c1-11-48(12-2)33-16-18-35(38(23-33)57-40(50)20-15-32-21-26(5)44(52)30(9)28(32)7)42-46(54)43(47(42)55)36-19-17-34(49(13-3)14-4)24-39(36)58-41(51)25-56-37-22-27(6)45(53)31(10)29(37)8/h16-19,21-24H,11-15,20,25H2,1-10H3,(H2-,52,53,54,55)/p+1. The van der Waals surface area contributed by atoms with Gasteiger partial charge in [-0.05, 0) is 139 Å². The summed E-state index contributed by atoms with van der Waals surface area (Å²) >= 11 is 0. The van der Waals surface area contributed by atoms with Gasteiger partial charge in [0.05, 0.1) is 17.2 Å². The molecule has 0 unspecified atom stereocenters. The number of esters is 2. The van der Waals surface area contributed by atoms with E-state index in [2.05, 4.69) is 9.48 Å². The molecule has 11 nitrogen and oxygen atoms in total. The number of carbonyl (C=O) groups is 3. The molecule has 5 rings (SSSR count). The van der Waals surface area contributed by atoms with Crippen molar-refractivity contribution in [2.24, 2.45) is 0 Å². The van der Waals surface area contributed by atoms with Gasteiger partial charge in [0, 0.05) is 48.5 Å². The van der Waals surface area contributed by atoms with Crippen molar-refractivity contribution >= 4 is 34.7 Å². The number of ketones is 1. The summed E-state index contributed by atoms with van der Waals surface area (Å²) in [5.41, 5.74) is 7.19. The van der Waals surface area contributed by atoms with Crippen LogP contribution < -0.4 is 14.4 Å². The first-order valence-corrected chi connectivity index (χ1v) is 19.8. The molecule has 3 aromatic rings. The molecular formula is C47H55N2O9+. The van der Waals surface area contributed by atoms with Gasteiger partial charge in [0.1, 0.15) is 47.6 Å². The number of nitrogens with zero attached hydrogens (tertiary/aromatic N) is 2. The molecule has 0 amide bonds. The first-order valence-electron chi connectivity index (χ1n) is 19.8. The fourth-order valence-corrected chi connectivity index (χ4v) is 7.37. The van der Waals surface area contributed by atoms with E-state index in [4.69, 9.17) is 14.2 Å². The van der Waals surface area contributed by atoms with Crippen molar-refractivity contribution < 1.29 is 48.5 Å². The Bertz CT molecular complexity index is 2330. The molecule has 306 valence electrons. The lowest BCUT2D eigenvalue weighted by Crippen LogP contribution is -2.27. The second-order valence-corrected chi connectivity index (χ2v) is 14.6. The average molecular weight is 792 g/mol. The number of aryl methyl sites for hydroxylation is 3. The number of ether oxygens (including phenoxy) is 3. The van der Waals surface area contributed by atoms with E-state index in [0.717, 1.165) is 33.7 Å². The summed E-state index contributed by atoms with van der Waals surface area (Å²) in [4.78, 5) is 43.0. The van der Waals surface area contributed by atoms with Crippen LogP contribution in [0.15, 0.2) is 71.2 Å². The summed E-state index contributed by atoms with van der Waals surface area (Å²) in [5.74, 6) is -1.05. The molecule has 3 N–H and O–H groups in total. The Balaban J connectivity index is 1.49. The van der Waals surface area contributed by atoms with Crippen LogP contribution in [0.1, 0.15) is 78.6 Å². The molecule has 0 aliphatic heterocycles. The number of aromatic hydroxyl groups is 2. The number of aliphatic hydroxyl groups is 1. The van der Waals surface area contributed by atoms with Crippen molar-refractivity contribution in [1.82, 2.24) is 0 Å². The minimum absolute atomic E-state index is 0.0218. The van der Waals surface area contributed by atoms with Gasteiger partial charge < -0.3 is 34.4 Å². The van der Waals surface area contributed by atoms with Gasteiger partial charge in [-0.2, -0.15) is 0 Å². The Morgan fingerprint density at radius 2 is 1.36 bits per heavy atom. The third-order valence-electron chi connectivity index (χ3n) is 11.2. The Kier molecular flexibility index (Phi) is 13.4. The smallest absolute Gasteiger partial charge is 0.349 e. The number of benzene rings is 3. The highest BCUT2D eigenvalue weighted by molar-refractivity contribution is 6.40. The molecule has 3 aromatic carbocycles. The Morgan fingerprint density at radius 1 is 0.724 bits per heavy atom. The lowest BCUT2D eigenvalue weighted by Gasteiger charge is -2.27. The van der Waals surface area contributed by atoms with Gasteiger partial charge in [0.25, 0.3) is 0 Å². The predicted octanol–water partition coefficient (Wildman–Crippen LogP) is 8.05. The normalized spacial score (nSPS) is 15.0. The van der Waals surface area contributed by atoms with E-state index in [1.54, 1.807) is 57.2 Å². The number of rotatable bonds is 14. The maximum Gasteiger partial charge on any atom is 0.349 e. The molecular weight excluding hydrogens is 737 g/mol. The lowest BCUT2D eigenvalue weighted by atomic mass is 9.79. The zero-order chi connectivity index (χ0) is 42.6. The highest BCUT2D eigenvalue weighted by Crippen LogP contribution is 2.44. The molecule has 58 heavy (non-hydrogen) atoms. The molecule has 0 saturated heterocycles. The molecule has 0 atom stereocenters. The fourth-order valence-electron chi connectivity index (χ4n) is 7.37. The van der Waals surface area contributed by atoms with E-state index in [9.17, 15) is 29.7 Å². The SMILES string of the molecule is CCN(CC)c1ccc(C2=C(O)/C(=C3/C=CC(=[N+](CC)CC)C=C3OC(=O)CCc3cc(C)c(O)c(C)c3C)C2=O)c(OC(=O)COc2cc(C)c(O)c(C)c2C)c1. The van der Waals surface area contributed by atoms with Gasteiger partial charge in [-0.25, -0.2) is 9.37 Å². The number of carbonyl (C=O) groups excluding carboxylic acids is 3. The highest BCUT2D eigenvalue weighted by Gasteiger charge is 2.40. The summed E-state index contributed by atoms with van der Waals surface area (Å²) in [6.07, 6.45) is 5.62. The van der Waals surface area contributed by atoms with Crippen LogP contribution in [0.25, 0.3) is 5.57 Å². The van der Waals surface area contributed by atoms with Gasteiger partial charge in [-0.15, -0.1) is 0 Å². The zero-order valence-corrected chi connectivity index (χ0v) is 35.3.